The van der Waals surface area contributed by atoms with Gasteiger partial charge in [-0.2, -0.15) is 0 Å². The first-order valence-corrected chi connectivity index (χ1v) is 7.99. The molecule has 0 saturated carbocycles. The molecular weight excluding hydrogens is 292 g/mol. The standard InChI is InChI=1S/C15H14O3S2/c1-10-9-19-15(20-10)13(14(17)18)12(16)8-7-11-5-3-2-4-6-11/h2-8,10H,9H2,1H3,(H,17,18)/b8-7-,15-13-/t10-/m1/s1. The van der Waals surface area contributed by atoms with E-state index in [4.69, 9.17) is 0 Å². The first-order valence-electron chi connectivity index (χ1n) is 6.12. The minimum atomic E-state index is -1.16. The summed E-state index contributed by atoms with van der Waals surface area (Å²) in [4.78, 5) is 23.4. The Bertz CT molecular complexity index is 576. The van der Waals surface area contributed by atoms with Gasteiger partial charge in [0.2, 0.25) is 0 Å². The summed E-state index contributed by atoms with van der Waals surface area (Å²) >= 11 is 2.90. The molecule has 0 aromatic heterocycles. The molecule has 3 nitrogen and oxygen atoms in total. The van der Waals surface area contributed by atoms with Crippen molar-refractivity contribution in [3.63, 3.8) is 0 Å². The van der Waals surface area contributed by atoms with Crippen molar-refractivity contribution in [3.8, 4) is 0 Å². The molecule has 2 rings (SSSR count). The van der Waals surface area contributed by atoms with Crippen LogP contribution in [0.5, 0.6) is 0 Å². The van der Waals surface area contributed by atoms with Gasteiger partial charge in [-0.05, 0) is 11.6 Å². The Morgan fingerprint density at radius 2 is 2.00 bits per heavy atom. The lowest BCUT2D eigenvalue weighted by molar-refractivity contribution is -0.134. The van der Waals surface area contributed by atoms with Crippen LogP contribution in [0.15, 0.2) is 46.2 Å². The third kappa shape index (κ3) is 3.77. The van der Waals surface area contributed by atoms with Crippen LogP contribution < -0.4 is 0 Å². The van der Waals surface area contributed by atoms with E-state index in [-0.39, 0.29) is 5.57 Å². The van der Waals surface area contributed by atoms with E-state index < -0.39 is 11.8 Å². The zero-order valence-corrected chi connectivity index (χ0v) is 12.5. The number of hydrogen-bond donors (Lipinski definition) is 1. The van der Waals surface area contributed by atoms with Gasteiger partial charge in [0.1, 0.15) is 5.57 Å². The van der Waals surface area contributed by atoms with Gasteiger partial charge in [-0.3, -0.25) is 4.79 Å². The Kier molecular flexibility index (Phi) is 5.09. The van der Waals surface area contributed by atoms with Gasteiger partial charge in [-0.25, -0.2) is 4.79 Å². The summed E-state index contributed by atoms with van der Waals surface area (Å²) in [6.45, 7) is 2.02. The maximum atomic E-state index is 12.1. The highest BCUT2D eigenvalue weighted by molar-refractivity contribution is 8.25. The lowest BCUT2D eigenvalue weighted by atomic mass is 10.1. The molecule has 0 radical (unpaired) electrons. The van der Waals surface area contributed by atoms with Crippen LogP contribution in [0, 0.1) is 0 Å². The summed E-state index contributed by atoms with van der Waals surface area (Å²) in [7, 11) is 0. The lowest BCUT2D eigenvalue weighted by Crippen LogP contribution is -2.11. The van der Waals surface area contributed by atoms with Gasteiger partial charge in [0.25, 0.3) is 0 Å². The maximum absolute atomic E-state index is 12.1. The average Bonchev–Trinajstić information content (AvgIpc) is 2.83. The Morgan fingerprint density at radius 1 is 1.30 bits per heavy atom. The summed E-state index contributed by atoms with van der Waals surface area (Å²) in [6.07, 6.45) is 2.97. The van der Waals surface area contributed by atoms with Crippen molar-refractivity contribution in [2.75, 3.05) is 5.75 Å². The van der Waals surface area contributed by atoms with Crippen LogP contribution in [-0.4, -0.2) is 27.9 Å². The second-order valence-corrected chi connectivity index (χ2v) is 7.05. The van der Waals surface area contributed by atoms with E-state index in [2.05, 4.69) is 0 Å². The molecule has 0 aliphatic carbocycles. The second kappa shape index (κ2) is 6.81. The Hall–Kier alpha value is -1.46. The zero-order chi connectivity index (χ0) is 14.5. The smallest absolute Gasteiger partial charge is 0.341 e. The largest absolute Gasteiger partial charge is 0.477 e. The number of hydrogen-bond acceptors (Lipinski definition) is 4. The Labute approximate surface area is 126 Å². The number of carbonyl (C=O) groups is 2. The van der Waals surface area contributed by atoms with Crippen LogP contribution in [-0.2, 0) is 9.59 Å². The van der Waals surface area contributed by atoms with E-state index in [0.29, 0.717) is 9.49 Å². The highest BCUT2D eigenvalue weighted by atomic mass is 32.2. The zero-order valence-electron chi connectivity index (χ0n) is 10.9. The molecule has 5 heteroatoms. The highest BCUT2D eigenvalue weighted by Crippen LogP contribution is 2.43. The molecule has 104 valence electrons. The molecule has 0 spiro atoms. The number of allylic oxidation sites excluding steroid dienone is 1. The quantitative estimate of drug-likeness (QED) is 0.525. The number of carbonyl (C=O) groups excluding carboxylic acids is 1. The van der Waals surface area contributed by atoms with E-state index >= 15 is 0 Å². The van der Waals surface area contributed by atoms with Crippen molar-refractivity contribution in [1.29, 1.82) is 0 Å². The molecular formula is C15H14O3S2. The SMILES string of the molecule is C[C@@H]1CS/C(=C(/C(=O)O)C(=O)/C=C\c2ccccc2)S1. The fourth-order valence-electron chi connectivity index (χ4n) is 1.69. The van der Waals surface area contributed by atoms with Crippen molar-refractivity contribution in [2.24, 2.45) is 0 Å². The van der Waals surface area contributed by atoms with Gasteiger partial charge in [0.15, 0.2) is 5.78 Å². The van der Waals surface area contributed by atoms with Gasteiger partial charge in [-0.15, -0.1) is 23.5 Å². The first-order chi connectivity index (χ1) is 9.58. The van der Waals surface area contributed by atoms with Crippen molar-refractivity contribution in [3.05, 3.63) is 51.8 Å². The van der Waals surface area contributed by atoms with Crippen LogP contribution in [0.3, 0.4) is 0 Å². The summed E-state index contributed by atoms with van der Waals surface area (Å²) in [5.41, 5.74) is 0.757. The molecule has 1 aliphatic rings. The van der Waals surface area contributed by atoms with Crippen LogP contribution in [0.25, 0.3) is 6.08 Å². The number of ketones is 1. The molecule has 1 aliphatic heterocycles. The summed E-state index contributed by atoms with van der Waals surface area (Å²) in [5, 5.41) is 9.59. The maximum Gasteiger partial charge on any atom is 0.341 e. The fourth-order valence-corrected chi connectivity index (χ4v) is 4.52. The molecule has 0 amide bonds. The van der Waals surface area contributed by atoms with E-state index in [0.717, 1.165) is 11.3 Å². The summed E-state index contributed by atoms with van der Waals surface area (Å²) in [6, 6.07) is 9.34. The van der Waals surface area contributed by atoms with Crippen molar-refractivity contribution in [2.45, 2.75) is 12.2 Å². The minimum Gasteiger partial charge on any atom is -0.477 e. The predicted molar refractivity (Wildman–Crippen MR) is 84.7 cm³/mol. The number of benzene rings is 1. The number of rotatable bonds is 4. The minimum absolute atomic E-state index is 0.114. The summed E-state index contributed by atoms with van der Waals surface area (Å²) < 4.78 is 0.618. The number of thioether (sulfide) groups is 2. The fraction of sp³-hybridized carbons (Fsp3) is 0.200. The lowest BCUT2D eigenvalue weighted by Gasteiger charge is -2.02. The first kappa shape index (κ1) is 14.9. The Balaban J connectivity index is 2.21. The molecule has 1 saturated heterocycles. The van der Waals surface area contributed by atoms with Gasteiger partial charge in [0, 0.05) is 11.0 Å². The molecule has 1 aromatic rings. The molecule has 1 N–H and O–H groups in total. The number of carboxylic acids is 1. The molecule has 1 atom stereocenters. The van der Waals surface area contributed by atoms with Gasteiger partial charge in [0.05, 0.1) is 4.24 Å². The molecule has 0 unspecified atom stereocenters. The number of aliphatic carboxylic acids is 1. The third-order valence-corrected chi connectivity index (χ3v) is 5.62. The van der Waals surface area contributed by atoms with Crippen LogP contribution in [0.2, 0.25) is 0 Å². The van der Waals surface area contributed by atoms with Crippen molar-refractivity contribution in [1.82, 2.24) is 0 Å². The second-order valence-electron chi connectivity index (χ2n) is 4.32. The molecule has 20 heavy (non-hydrogen) atoms. The van der Waals surface area contributed by atoms with Crippen LogP contribution in [0.4, 0.5) is 0 Å². The molecule has 0 bridgehead atoms. The van der Waals surface area contributed by atoms with E-state index in [1.54, 1.807) is 6.08 Å². The van der Waals surface area contributed by atoms with Gasteiger partial charge >= 0.3 is 5.97 Å². The molecule has 1 heterocycles. The summed E-state index contributed by atoms with van der Waals surface area (Å²) in [5.74, 6) is -0.769. The predicted octanol–water partition coefficient (Wildman–Crippen LogP) is 3.43. The van der Waals surface area contributed by atoms with Gasteiger partial charge in [-0.1, -0.05) is 43.3 Å². The van der Waals surface area contributed by atoms with Crippen molar-refractivity contribution < 1.29 is 14.7 Å². The third-order valence-electron chi connectivity index (χ3n) is 2.65. The van der Waals surface area contributed by atoms with Crippen LogP contribution >= 0.6 is 23.5 Å². The Morgan fingerprint density at radius 3 is 2.55 bits per heavy atom. The number of carboxylic acid groups (broad SMARTS) is 1. The molecule has 1 aromatic carbocycles. The van der Waals surface area contributed by atoms with Crippen LogP contribution in [0.1, 0.15) is 12.5 Å². The van der Waals surface area contributed by atoms with Crippen molar-refractivity contribution >= 4 is 41.4 Å². The monoisotopic (exact) mass is 306 g/mol. The van der Waals surface area contributed by atoms with E-state index in [9.17, 15) is 14.7 Å². The highest BCUT2D eigenvalue weighted by Gasteiger charge is 2.27. The van der Waals surface area contributed by atoms with E-state index in [1.807, 2.05) is 37.3 Å². The van der Waals surface area contributed by atoms with E-state index in [1.165, 1.54) is 29.6 Å². The topological polar surface area (TPSA) is 54.4 Å². The molecule has 1 fully saturated rings. The normalized spacial score (nSPS) is 21.1. The van der Waals surface area contributed by atoms with Gasteiger partial charge < -0.3 is 5.11 Å². The average molecular weight is 306 g/mol.